The number of hydroxylamine groups is 2. The summed E-state index contributed by atoms with van der Waals surface area (Å²) >= 11 is 0. The van der Waals surface area contributed by atoms with Crippen molar-refractivity contribution in [1.82, 2.24) is 15.3 Å². The number of carbonyl (C=O) groups is 3. The van der Waals surface area contributed by atoms with Gasteiger partial charge < -0.3 is 15.0 Å². The third-order valence-electron chi connectivity index (χ3n) is 6.13. The van der Waals surface area contributed by atoms with Gasteiger partial charge in [0.2, 0.25) is 5.91 Å². The highest BCUT2D eigenvalue weighted by atomic mass is 16.7. The summed E-state index contributed by atoms with van der Waals surface area (Å²) < 4.78 is 5.57. The third kappa shape index (κ3) is 6.19. The van der Waals surface area contributed by atoms with Gasteiger partial charge in [0.1, 0.15) is 24.3 Å². The number of hydrogen-bond acceptors (Lipinski definition) is 5. The molecule has 2 aromatic carbocycles. The molecule has 0 aromatic heterocycles. The molecule has 2 heterocycles. The number of amides is 3. The molecule has 2 bridgehead atoms. The largest absolute Gasteiger partial charge is 0.458 e. The fraction of sp³-hybridized carbons (Fsp3) is 0.444. The van der Waals surface area contributed by atoms with Crippen LogP contribution < -0.4 is 5.32 Å². The molecule has 0 saturated carbocycles. The SMILES string of the molecule is CC(C)(C)OC(=O)[C@@H](Cc1ccccc1)NC(=O)[C@@H]1CCC2CN1C(=O)N2OCc1ccccc1. The van der Waals surface area contributed by atoms with Crippen LogP contribution in [0.2, 0.25) is 0 Å². The Labute approximate surface area is 206 Å². The lowest BCUT2D eigenvalue weighted by Gasteiger charge is -2.31. The molecule has 1 unspecified atom stereocenters. The highest BCUT2D eigenvalue weighted by Gasteiger charge is 2.48. The summed E-state index contributed by atoms with van der Waals surface area (Å²) in [5.74, 6) is -0.850. The van der Waals surface area contributed by atoms with Crippen molar-refractivity contribution in [2.45, 2.75) is 70.4 Å². The number of hydrogen-bond donors (Lipinski definition) is 1. The van der Waals surface area contributed by atoms with Crippen LogP contribution in [0.3, 0.4) is 0 Å². The lowest BCUT2D eigenvalue weighted by atomic mass is 9.99. The Morgan fingerprint density at radius 2 is 1.63 bits per heavy atom. The molecule has 2 aliphatic heterocycles. The summed E-state index contributed by atoms with van der Waals surface area (Å²) in [7, 11) is 0. The molecule has 186 valence electrons. The van der Waals surface area contributed by atoms with E-state index in [2.05, 4.69) is 5.32 Å². The zero-order valence-corrected chi connectivity index (χ0v) is 20.5. The molecule has 0 radical (unpaired) electrons. The Balaban J connectivity index is 1.42. The molecule has 3 atom stereocenters. The fourth-order valence-corrected chi connectivity index (χ4v) is 4.47. The zero-order valence-electron chi connectivity index (χ0n) is 20.5. The molecule has 0 spiro atoms. The normalized spacial score (nSPS) is 20.5. The molecule has 2 saturated heterocycles. The average molecular weight is 480 g/mol. The van der Waals surface area contributed by atoms with Gasteiger partial charge in [0.05, 0.1) is 6.04 Å². The molecule has 1 N–H and O–H groups in total. The molecule has 2 fully saturated rings. The highest BCUT2D eigenvalue weighted by Crippen LogP contribution is 2.30. The van der Waals surface area contributed by atoms with Crippen LogP contribution in [0.1, 0.15) is 44.7 Å². The quantitative estimate of drug-likeness (QED) is 0.586. The number of urea groups is 1. The topological polar surface area (TPSA) is 88.2 Å². The number of esters is 1. The van der Waals surface area contributed by atoms with E-state index in [9.17, 15) is 14.4 Å². The zero-order chi connectivity index (χ0) is 25.0. The van der Waals surface area contributed by atoms with E-state index < -0.39 is 23.7 Å². The van der Waals surface area contributed by atoms with E-state index >= 15 is 0 Å². The third-order valence-corrected chi connectivity index (χ3v) is 6.13. The lowest BCUT2D eigenvalue weighted by molar-refractivity contribution is -0.159. The number of benzene rings is 2. The first-order valence-corrected chi connectivity index (χ1v) is 12.0. The van der Waals surface area contributed by atoms with Crippen molar-refractivity contribution in [3.63, 3.8) is 0 Å². The van der Waals surface area contributed by atoms with Gasteiger partial charge in [-0.05, 0) is 44.7 Å². The number of rotatable bonds is 8. The Kier molecular flexibility index (Phi) is 7.40. The fourth-order valence-electron chi connectivity index (χ4n) is 4.47. The van der Waals surface area contributed by atoms with E-state index in [1.165, 1.54) is 5.06 Å². The molecule has 0 aliphatic carbocycles. The molecule has 8 heteroatoms. The van der Waals surface area contributed by atoms with Gasteiger partial charge in [-0.3, -0.25) is 9.63 Å². The Hall–Kier alpha value is -3.39. The first kappa shape index (κ1) is 24.7. The maximum absolute atomic E-state index is 13.3. The first-order chi connectivity index (χ1) is 16.7. The Bertz CT molecular complexity index is 1040. The van der Waals surface area contributed by atoms with E-state index in [-0.39, 0.29) is 24.6 Å². The molecule has 8 nitrogen and oxygen atoms in total. The second-order valence-electron chi connectivity index (χ2n) is 10.1. The van der Waals surface area contributed by atoms with Crippen LogP contribution in [0.15, 0.2) is 60.7 Å². The number of nitrogens with one attached hydrogen (secondary N) is 1. The van der Waals surface area contributed by atoms with Crippen LogP contribution in [-0.2, 0) is 32.2 Å². The molecule has 35 heavy (non-hydrogen) atoms. The molecule has 4 rings (SSSR count). The number of carbonyl (C=O) groups excluding carboxylic acids is 3. The second-order valence-corrected chi connectivity index (χ2v) is 10.1. The van der Waals surface area contributed by atoms with Crippen molar-refractivity contribution < 1.29 is 24.0 Å². The minimum Gasteiger partial charge on any atom is -0.458 e. The minimum atomic E-state index is -0.856. The summed E-state index contributed by atoms with van der Waals surface area (Å²) in [5, 5.41) is 4.27. The van der Waals surface area contributed by atoms with E-state index in [4.69, 9.17) is 9.57 Å². The second kappa shape index (κ2) is 10.5. The smallest absolute Gasteiger partial charge is 0.345 e. The average Bonchev–Trinajstić information content (AvgIpc) is 3.06. The van der Waals surface area contributed by atoms with Gasteiger partial charge in [-0.1, -0.05) is 60.7 Å². The van der Waals surface area contributed by atoms with E-state index in [0.717, 1.165) is 11.1 Å². The standard InChI is InChI=1S/C27H33N3O5/c1-27(2,3)35-25(32)22(16-19-10-6-4-7-11-19)28-24(31)23-15-14-21-17-29(23)26(33)30(21)34-18-20-12-8-5-9-13-20/h4-13,21-23H,14-18H2,1-3H3,(H,28,31)/t21?,22-,23+/m1/s1. The van der Waals surface area contributed by atoms with Crippen molar-refractivity contribution in [1.29, 1.82) is 0 Å². The van der Waals surface area contributed by atoms with E-state index in [0.29, 0.717) is 25.8 Å². The summed E-state index contributed by atoms with van der Waals surface area (Å²) in [4.78, 5) is 46.7. The van der Waals surface area contributed by atoms with Crippen LogP contribution in [0.25, 0.3) is 0 Å². The van der Waals surface area contributed by atoms with Gasteiger partial charge in [0.25, 0.3) is 0 Å². The maximum Gasteiger partial charge on any atom is 0.345 e. The monoisotopic (exact) mass is 479 g/mol. The lowest BCUT2D eigenvalue weighted by Crippen LogP contribution is -2.54. The predicted molar refractivity (Wildman–Crippen MR) is 130 cm³/mol. The van der Waals surface area contributed by atoms with Gasteiger partial charge >= 0.3 is 12.0 Å². The summed E-state index contributed by atoms with van der Waals surface area (Å²) in [5.41, 5.74) is 1.19. The van der Waals surface area contributed by atoms with Gasteiger partial charge in [0, 0.05) is 13.0 Å². The van der Waals surface area contributed by atoms with E-state index in [1.807, 2.05) is 60.7 Å². The van der Waals surface area contributed by atoms with E-state index in [1.54, 1.807) is 25.7 Å². The van der Waals surface area contributed by atoms with Crippen molar-refractivity contribution in [3.05, 3.63) is 71.8 Å². The van der Waals surface area contributed by atoms with Crippen LogP contribution in [0.4, 0.5) is 4.79 Å². The molecule has 2 aliphatic rings. The van der Waals surface area contributed by atoms with Crippen molar-refractivity contribution >= 4 is 17.9 Å². The van der Waals surface area contributed by atoms with Crippen LogP contribution >= 0.6 is 0 Å². The first-order valence-electron chi connectivity index (χ1n) is 12.0. The van der Waals surface area contributed by atoms with Crippen molar-refractivity contribution in [3.8, 4) is 0 Å². The number of ether oxygens (including phenoxy) is 1. The van der Waals surface area contributed by atoms with Crippen LogP contribution in [0, 0.1) is 0 Å². The Morgan fingerprint density at radius 1 is 1.00 bits per heavy atom. The summed E-state index contributed by atoms with van der Waals surface area (Å²) in [6.07, 6.45) is 1.45. The number of fused-ring (bicyclic) bond motifs is 2. The van der Waals surface area contributed by atoms with Gasteiger partial charge in [-0.25, -0.2) is 9.59 Å². The number of piperidine rings is 1. The summed E-state index contributed by atoms with van der Waals surface area (Å²) in [6, 6.07) is 17.2. The Morgan fingerprint density at radius 3 is 2.26 bits per heavy atom. The van der Waals surface area contributed by atoms with Crippen molar-refractivity contribution in [2.24, 2.45) is 0 Å². The highest BCUT2D eigenvalue weighted by molar-refractivity contribution is 5.91. The number of nitrogens with zero attached hydrogens (tertiary/aromatic N) is 2. The van der Waals surface area contributed by atoms with Gasteiger partial charge in [-0.2, -0.15) is 5.06 Å². The van der Waals surface area contributed by atoms with Gasteiger partial charge in [-0.15, -0.1) is 0 Å². The molecular formula is C27H33N3O5. The molecule has 3 amide bonds. The maximum atomic E-state index is 13.3. The molecule has 2 aromatic rings. The minimum absolute atomic E-state index is 0.0961. The van der Waals surface area contributed by atoms with Crippen LogP contribution in [0.5, 0.6) is 0 Å². The predicted octanol–water partition coefficient (Wildman–Crippen LogP) is 3.46. The van der Waals surface area contributed by atoms with Crippen LogP contribution in [-0.4, -0.2) is 58.1 Å². The molecular weight excluding hydrogens is 446 g/mol. The van der Waals surface area contributed by atoms with Crippen molar-refractivity contribution in [2.75, 3.05) is 6.54 Å². The summed E-state index contributed by atoms with van der Waals surface area (Å²) in [6.45, 7) is 6.08. The van der Waals surface area contributed by atoms with Gasteiger partial charge in [0.15, 0.2) is 0 Å².